The van der Waals surface area contributed by atoms with Crippen molar-refractivity contribution in [2.24, 2.45) is 4.99 Å². The van der Waals surface area contributed by atoms with Crippen LogP contribution in [0.5, 0.6) is 0 Å². The lowest BCUT2D eigenvalue weighted by Gasteiger charge is -2.35. The quantitative estimate of drug-likeness (QED) is 0.348. The minimum absolute atomic E-state index is 0. The number of halogens is 3. The standard InChI is InChI=1S/C18H28BrFN4.HI/c1-13(2)24-10-7-15(8-11-24)23-18(21-3)22-9-6-14-4-5-17(20)16(19)12-14;/h4-5,12-13,15H,6-11H2,1-3H3,(H2,21,22,23);1H. The molecule has 1 fully saturated rings. The van der Waals surface area contributed by atoms with Gasteiger partial charge in [0.05, 0.1) is 4.47 Å². The summed E-state index contributed by atoms with van der Waals surface area (Å²) in [5.41, 5.74) is 1.09. The van der Waals surface area contributed by atoms with Gasteiger partial charge < -0.3 is 15.5 Å². The average molecular weight is 527 g/mol. The second-order valence-electron chi connectivity index (χ2n) is 6.55. The number of rotatable bonds is 5. The summed E-state index contributed by atoms with van der Waals surface area (Å²) in [7, 11) is 1.80. The Labute approximate surface area is 176 Å². The van der Waals surface area contributed by atoms with E-state index in [2.05, 4.69) is 50.3 Å². The molecule has 7 heteroatoms. The minimum atomic E-state index is -0.225. The first kappa shape index (κ1) is 22.6. The number of piperidine rings is 1. The van der Waals surface area contributed by atoms with Gasteiger partial charge in [-0.1, -0.05) is 6.07 Å². The van der Waals surface area contributed by atoms with Crippen LogP contribution in [0.1, 0.15) is 32.3 Å². The van der Waals surface area contributed by atoms with Crippen LogP contribution >= 0.6 is 39.9 Å². The normalized spacial score (nSPS) is 16.6. The van der Waals surface area contributed by atoms with Gasteiger partial charge in [0, 0.05) is 38.8 Å². The maximum Gasteiger partial charge on any atom is 0.191 e. The maximum atomic E-state index is 13.2. The van der Waals surface area contributed by atoms with E-state index >= 15 is 0 Å². The first-order valence-corrected chi connectivity index (χ1v) is 9.44. The Morgan fingerprint density at radius 3 is 2.60 bits per heavy atom. The number of hydrogen-bond acceptors (Lipinski definition) is 2. The van der Waals surface area contributed by atoms with E-state index in [-0.39, 0.29) is 29.8 Å². The summed E-state index contributed by atoms with van der Waals surface area (Å²) < 4.78 is 13.8. The molecule has 0 saturated carbocycles. The fourth-order valence-corrected chi connectivity index (χ4v) is 3.39. The van der Waals surface area contributed by atoms with Crippen LogP contribution in [0, 0.1) is 5.82 Å². The van der Waals surface area contributed by atoms with Crippen molar-refractivity contribution in [2.45, 2.75) is 45.2 Å². The van der Waals surface area contributed by atoms with Crippen LogP contribution in [0.15, 0.2) is 27.7 Å². The smallest absolute Gasteiger partial charge is 0.191 e. The molecule has 0 unspecified atom stereocenters. The maximum absolute atomic E-state index is 13.2. The van der Waals surface area contributed by atoms with Gasteiger partial charge in [-0.05, 0) is 66.7 Å². The lowest BCUT2D eigenvalue weighted by molar-refractivity contribution is 0.167. The largest absolute Gasteiger partial charge is 0.356 e. The number of aliphatic imine (C=N–C) groups is 1. The predicted molar refractivity (Wildman–Crippen MR) is 117 cm³/mol. The Bertz CT molecular complexity index is 560. The molecule has 142 valence electrons. The van der Waals surface area contributed by atoms with Gasteiger partial charge in [-0.25, -0.2) is 4.39 Å². The summed E-state index contributed by atoms with van der Waals surface area (Å²) >= 11 is 3.23. The fraction of sp³-hybridized carbons (Fsp3) is 0.611. The summed E-state index contributed by atoms with van der Waals surface area (Å²) in [6, 6.07) is 6.24. The van der Waals surface area contributed by atoms with E-state index in [0.29, 0.717) is 16.6 Å². The Balaban J connectivity index is 0.00000312. The van der Waals surface area contributed by atoms with Crippen molar-refractivity contribution < 1.29 is 4.39 Å². The average Bonchev–Trinajstić information content (AvgIpc) is 2.57. The molecule has 0 radical (unpaired) electrons. The number of nitrogens with one attached hydrogen (secondary N) is 2. The van der Waals surface area contributed by atoms with Crippen molar-refractivity contribution in [2.75, 3.05) is 26.7 Å². The van der Waals surface area contributed by atoms with E-state index in [0.717, 1.165) is 50.4 Å². The molecule has 1 aliphatic rings. The third-order valence-corrected chi connectivity index (χ3v) is 5.12. The zero-order valence-corrected chi connectivity index (χ0v) is 19.1. The highest BCUT2D eigenvalue weighted by Crippen LogP contribution is 2.17. The van der Waals surface area contributed by atoms with Crippen LogP contribution in [-0.4, -0.2) is 49.6 Å². The summed E-state index contributed by atoms with van der Waals surface area (Å²) in [5, 5.41) is 6.86. The van der Waals surface area contributed by atoms with Gasteiger partial charge in [0.1, 0.15) is 5.82 Å². The highest BCUT2D eigenvalue weighted by molar-refractivity contribution is 14.0. The van der Waals surface area contributed by atoms with Crippen LogP contribution in [-0.2, 0) is 6.42 Å². The van der Waals surface area contributed by atoms with E-state index in [1.807, 2.05) is 12.1 Å². The summed E-state index contributed by atoms with van der Waals surface area (Å²) in [6.07, 6.45) is 3.11. The number of nitrogens with zero attached hydrogens (tertiary/aromatic N) is 2. The van der Waals surface area contributed by atoms with E-state index in [9.17, 15) is 4.39 Å². The first-order chi connectivity index (χ1) is 11.5. The van der Waals surface area contributed by atoms with Gasteiger partial charge in [-0.2, -0.15) is 0 Å². The summed E-state index contributed by atoms with van der Waals surface area (Å²) in [6.45, 7) is 7.54. The molecule has 0 aliphatic carbocycles. The zero-order valence-electron chi connectivity index (χ0n) is 15.2. The molecular formula is C18H29BrFIN4. The number of benzene rings is 1. The van der Waals surface area contributed by atoms with Gasteiger partial charge in [0.2, 0.25) is 0 Å². The van der Waals surface area contributed by atoms with Crippen molar-refractivity contribution in [3.8, 4) is 0 Å². The van der Waals surface area contributed by atoms with E-state index in [1.165, 1.54) is 6.07 Å². The zero-order chi connectivity index (χ0) is 17.5. The van der Waals surface area contributed by atoms with Crippen LogP contribution < -0.4 is 10.6 Å². The number of likely N-dealkylation sites (tertiary alicyclic amines) is 1. The molecule has 2 N–H and O–H groups in total. The molecule has 0 atom stereocenters. The lowest BCUT2D eigenvalue weighted by Crippen LogP contribution is -2.50. The van der Waals surface area contributed by atoms with Crippen molar-refractivity contribution in [3.63, 3.8) is 0 Å². The van der Waals surface area contributed by atoms with Crippen molar-refractivity contribution >= 4 is 45.9 Å². The van der Waals surface area contributed by atoms with E-state index < -0.39 is 0 Å². The Morgan fingerprint density at radius 1 is 1.36 bits per heavy atom. The topological polar surface area (TPSA) is 39.7 Å². The Morgan fingerprint density at radius 2 is 2.04 bits per heavy atom. The SMILES string of the molecule is CN=C(NCCc1ccc(F)c(Br)c1)NC1CCN(C(C)C)CC1.I. The highest BCUT2D eigenvalue weighted by atomic mass is 127. The molecule has 0 amide bonds. The van der Waals surface area contributed by atoms with Crippen LogP contribution in [0.3, 0.4) is 0 Å². The number of hydrogen-bond donors (Lipinski definition) is 2. The Kier molecular flexibility index (Phi) is 10.3. The molecule has 1 saturated heterocycles. The van der Waals surface area contributed by atoms with E-state index in [1.54, 1.807) is 7.05 Å². The highest BCUT2D eigenvalue weighted by Gasteiger charge is 2.21. The molecule has 0 aromatic heterocycles. The van der Waals surface area contributed by atoms with Gasteiger partial charge in [0.15, 0.2) is 5.96 Å². The molecule has 1 heterocycles. The molecule has 2 rings (SSSR count). The lowest BCUT2D eigenvalue weighted by atomic mass is 10.0. The fourth-order valence-electron chi connectivity index (χ4n) is 2.97. The predicted octanol–water partition coefficient (Wildman–Crippen LogP) is 3.79. The molecular weight excluding hydrogens is 498 g/mol. The molecule has 25 heavy (non-hydrogen) atoms. The minimum Gasteiger partial charge on any atom is -0.356 e. The molecule has 1 aliphatic heterocycles. The van der Waals surface area contributed by atoms with Crippen molar-refractivity contribution in [1.29, 1.82) is 0 Å². The van der Waals surface area contributed by atoms with Gasteiger partial charge in [0.25, 0.3) is 0 Å². The Hall–Kier alpha value is -0.410. The van der Waals surface area contributed by atoms with Gasteiger partial charge in [-0.15, -0.1) is 24.0 Å². The molecule has 0 bridgehead atoms. The molecule has 1 aromatic carbocycles. The monoisotopic (exact) mass is 526 g/mol. The second-order valence-corrected chi connectivity index (χ2v) is 7.40. The number of guanidine groups is 1. The van der Waals surface area contributed by atoms with Crippen molar-refractivity contribution in [1.82, 2.24) is 15.5 Å². The first-order valence-electron chi connectivity index (χ1n) is 8.64. The third kappa shape index (κ3) is 7.38. The summed E-state index contributed by atoms with van der Waals surface area (Å²) in [5.74, 6) is 0.621. The van der Waals surface area contributed by atoms with Crippen LogP contribution in [0.25, 0.3) is 0 Å². The summed E-state index contributed by atoms with van der Waals surface area (Å²) in [4.78, 5) is 6.83. The van der Waals surface area contributed by atoms with Gasteiger partial charge >= 0.3 is 0 Å². The van der Waals surface area contributed by atoms with Crippen LogP contribution in [0.4, 0.5) is 4.39 Å². The van der Waals surface area contributed by atoms with Crippen molar-refractivity contribution in [3.05, 3.63) is 34.1 Å². The molecule has 4 nitrogen and oxygen atoms in total. The second kappa shape index (κ2) is 11.3. The van der Waals surface area contributed by atoms with Gasteiger partial charge in [-0.3, -0.25) is 4.99 Å². The molecule has 0 spiro atoms. The van der Waals surface area contributed by atoms with Crippen LogP contribution in [0.2, 0.25) is 0 Å². The third-order valence-electron chi connectivity index (χ3n) is 4.51. The van der Waals surface area contributed by atoms with E-state index in [4.69, 9.17) is 0 Å². The molecule has 1 aromatic rings.